The molecule has 0 aliphatic carbocycles. The Bertz CT molecular complexity index is 1510. The van der Waals surface area contributed by atoms with Gasteiger partial charge in [-0.05, 0) is 61.1 Å². The van der Waals surface area contributed by atoms with Crippen molar-refractivity contribution in [3.8, 4) is 5.75 Å². The van der Waals surface area contributed by atoms with Crippen molar-refractivity contribution in [2.45, 2.75) is 51.7 Å². The minimum Gasteiger partial charge on any atom is -0.485 e. The Balaban J connectivity index is 1.36. The standard InChI is InChI=1S/C34H35N3O2/c1-25-12-9-10-17-29(25)30(22-33(38)36-26(2)19-20-27-13-5-3-6-14-27)31-23-35-34-32(18-11-21-37(31)34)39-24-28-15-7-4-8-16-28/h3-18,21,23,26,30H,19-20,22,24H2,1-2H3,(H,36,38). The summed E-state index contributed by atoms with van der Waals surface area (Å²) in [6.45, 7) is 4.64. The molecule has 0 fully saturated rings. The van der Waals surface area contributed by atoms with Gasteiger partial charge in [-0.2, -0.15) is 0 Å². The van der Waals surface area contributed by atoms with E-state index in [-0.39, 0.29) is 17.9 Å². The highest BCUT2D eigenvalue weighted by Gasteiger charge is 2.24. The normalized spacial score (nSPS) is 12.7. The van der Waals surface area contributed by atoms with Crippen LogP contribution in [-0.4, -0.2) is 21.3 Å². The van der Waals surface area contributed by atoms with E-state index < -0.39 is 0 Å². The van der Waals surface area contributed by atoms with Crippen molar-refractivity contribution in [2.75, 3.05) is 0 Å². The molecule has 2 heterocycles. The molecule has 3 aromatic carbocycles. The first kappa shape index (κ1) is 26.2. The second kappa shape index (κ2) is 12.4. The summed E-state index contributed by atoms with van der Waals surface area (Å²) >= 11 is 0. The molecule has 5 nitrogen and oxygen atoms in total. The maximum Gasteiger partial charge on any atom is 0.221 e. The number of nitrogens with one attached hydrogen (secondary N) is 1. The summed E-state index contributed by atoms with van der Waals surface area (Å²) in [5.41, 5.74) is 6.38. The van der Waals surface area contributed by atoms with Crippen LogP contribution in [0, 0.1) is 6.92 Å². The van der Waals surface area contributed by atoms with Crippen LogP contribution in [0.25, 0.3) is 5.65 Å². The molecule has 0 bridgehead atoms. The summed E-state index contributed by atoms with van der Waals surface area (Å²) in [5.74, 6) is 0.609. The Morgan fingerprint density at radius 2 is 1.59 bits per heavy atom. The molecule has 0 radical (unpaired) electrons. The van der Waals surface area contributed by atoms with Crippen LogP contribution < -0.4 is 10.1 Å². The van der Waals surface area contributed by atoms with E-state index in [1.54, 1.807) is 0 Å². The van der Waals surface area contributed by atoms with Crippen molar-refractivity contribution < 1.29 is 9.53 Å². The van der Waals surface area contributed by atoms with Gasteiger partial charge in [-0.3, -0.25) is 4.79 Å². The van der Waals surface area contributed by atoms with Crippen LogP contribution >= 0.6 is 0 Å². The van der Waals surface area contributed by atoms with Gasteiger partial charge in [0, 0.05) is 30.8 Å². The summed E-state index contributed by atoms with van der Waals surface area (Å²) in [7, 11) is 0. The Kier molecular flexibility index (Phi) is 8.37. The third-order valence-corrected chi connectivity index (χ3v) is 7.19. The number of aryl methyl sites for hydroxylation is 2. The highest BCUT2D eigenvalue weighted by molar-refractivity contribution is 5.78. The van der Waals surface area contributed by atoms with Gasteiger partial charge in [-0.15, -0.1) is 0 Å². The Hall–Kier alpha value is -4.38. The van der Waals surface area contributed by atoms with Gasteiger partial charge < -0.3 is 14.5 Å². The van der Waals surface area contributed by atoms with Crippen LogP contribution in [0.1, 0.15) is 53.6 Å². The van der Waals surface area contributed by atoms with Crippen LogP contribution in [0.3, 0.4) is 0 Å². The number of rotatable bonds is 11. The zero-order chi connectivity index (χ0) is 27.0. The van der Waals surface area contributed by atoms with E-state index in [2.05, 4.69) is 60.0 Å². The molecule has 39 heavy (non-hydrogen) atoms. The van der Waals surface area contributed by atoms with E-state index in [1.165, 1.54) is 5.56 Å². The van der Waals surface area contributed by atoms with Gasteiger partial charge >= 0.3 is 0 Å². The molecule has 0 aliphatic rings. The fraction of sp³-hybridized carbons (Fsp3) is 0.235. The lowest BCUT2D eigenvalue weighted by atomic mass is 9.89. The number of hydrogen-bond acceptors (Lipinski definition) is 3. The molecule has 2 unspecified atom stereocenters. The molecule has 0 saturated heterocycles. The first-order valence-electron chi connectivity index (χ1n) is 13.6. The van der Waals surface area contributed by atoms with Gasteiger partial charge in [0.1, 0.15) is 6.61 Å². The monoisotopic (exact) mass is 517 g/mol. The molecule has 1 amide bonds. The van der Waals surface area contributed by atoms with E-state index in [1.807, 2.05) is 73.1 Å². The van der Waals surface area contributed by atoms with Crippen LogP contribution in [0.2, 0.25) is 0 Å². The molecule has 2 atom stereocenters. The zero-order valence-corrected chi connectivity index (χ0v) is 22.6. The van der Waals surface area contributed by atoms with E-state index in [4.69, 9.17) is 9.72 Å². The predicted octanol–water partition coefficient (Wildman–Crippen LogP) is 6.88. The molecule has 0 aliphatic heterocycles. The van der Waals surface area contributed by atoms with Crippen molar-refractivity contribution in [2.24, 2.45) is 0 Å². The lowest BCUT2D eigenvalue weighted by molar-refractivity contribution is -0.121. The summed E-state index contributed by atoms with van der Waals surface area (Å²) in [5, 5.41) is 3.24. The highest BCUT2D eigenvalue weighted by atomic mass is 16.5. The Morgan fingerprint density at radius 3 is 2.33 bits per heavy atom. The average Bonchev–Trinajstić information content (AvgIpc) is 3.40. The van der Waals surface area contributed by atoms with Gasteiger partial charge in [-0.25, -0.2) is 4.98 Å². The van der Waals surface area contributed by atoms with Gasteiger partial charge in [0.05, 0.1) is 5.69 Å². The Morgan fingerprint density at radius 1 is 0.897 bits per heavy atom. The lowest BCUT2D eigenvalue weighted by Gasteiger charge is -2.21. The number of hydrogen-bond donors (Lipinski definition) is 1. The van der Waals surface area contributed by atoms with Crippen LogP contribution in [0.15, 0.2) is 109 Å². The second-order valence-corrected chi connectivity index (χ2v) is 10.1. The Labute approximate surface area is 230 Å². The molecule has 0 spiro atoms. The van der Waals surface area contributed by atoms with E-state index >= 15 is 0 Å². The maximum absolute atomic E-state index is 13.4. The molecule has 1 N–H and O–H groups in total. The average molecular weight is 518 g/mol. The number of ether oxygens (including phenoxy) is 1. The number of fused-ring (bicyclic) bond motifs is 1. The number of carbonyl (C=O) groups excluding carboxylic acids is 1. The molecule has 5 aromatic rings. The molecule has 5 heteroatoms. The van der Waals surface area contributed by atoms with Crippen molar-refractivity contribution >= 4 is 11.6 Å². The number of imidazole rings is 1. The zero-order valence-electron chi connectivity index (χ0n) is 22.6. The first-order chi connectivity index (χ1) is 19.1. The second-order valence-electron chi connectivity index (χ2n) is 10.1. The highest BCUT2D eigenvalue weighted by Crippen LogP contribution is 2.33. The summed E-state index contributed by atoms with van der Waals surface area (Å²) in [6, 6.07) is 32.8. The van der Waals surface area contributed by atoms with Crippen molar-refractivity contribution in [3.63, 3.8) is 0 Å². The number of benzene rings is 3. The summed E-state index contributed by atoms with van der Waals surface area (Å²) in [6.07, 6.45) is 6.04. The van der Waals surface area contributed by atoms with E-state index in [0.717, 1.165) is 46.6 Å². The predicted molar refractivity (Wildman–Crippen MR) is 156 cm³/mol. The van der Waals surface area contributed by atoms with Gasteiger partial charge in [0.25, 0.3) is 0 Å². The number of pyridine rings is 1. The first-order valence-corrected chi connectivity index (χ1v) is 13.6. The molecular formula is C34H35N3O2. The fourth-order valence-electron chi connectivity index (χ4n) is 5.08. The van der Waals surface area contributed by atoms with Crippen LogP contribution in [-0.2, 0) is 17.8 Å². The van der Waals surface area contributed by atoms with Gasteiger partial charge in [0.15, 0.2) is 11.4 Å². The third-order valence-electron chi connectivity index (χ3n) is 7.19. The molecule has 2 aromatic heterocycles. The number of amides is 1. The fourth-order valence-corrected chi connectivity index (χ4v) is 5.08. The topological polar surface area (TPSA) is 55.6 Å². The number of carbonyl (C=O) groups is 1. The summed E-state index contributed by atoms with van der Waals surface area (Å²) < 4.78 is 8.22. The SMILES string of the molecule is Cc1ccccc1C(CC(=O)NC(C)CCc1ccccc1)c1cnc2c(OCc3ccccc3)cccn12. The molecule has 5 rings (SSSR count). The van der Waals surface area contributed by atoms with Crippen LogP contribution in [0.4, 0.5) is 0 Å². The minimum atomic E-state index is -0.146. The van der Waals surface area contributed by atoms with E-state index in [0.29, 0.717) is 13.0 Å². The van der Waals surface area contributed by atoms with Crippen molar-refractivity contribution in [3.05, 3.63) is 137 Å². The van der Waals surface area contributed by atoms with Crippen molar-refractivity contribution in [1.29, 1.82) is 0 Å². The van der Waals surface area contributed by atoms with E-state index in [9.17, 15) is 4.79 Å². The van der Waals surface area contributed by atoms with Crippen LogP contribution in [0.5, 0.6) is 5.75 Å². The largest absolute Gasteiger partial charge is 0.485 e. The quantitative estimate of drug-likeness (QED) is 0.208. The number of aromatic nitrogens is 2. The lowest BCUT2D eigenvalue weighted by Crippen LogP contribution is -2.34. The number of nitrogens with zero attached hydrogens (tertiary/aromatic N) is 2. The van der Waals surface area contributed by atoms with Crippen molar-refractivity contribution in [1.82, 2.24) is 14.7 Å². The van der Waals surface area contributed by atoms with Gasteiger partial charge in [-0.1, -0.05) is 84.9 Å². The minimum absolute atomic E-state index is 0.0373. The van der Waals surface area contributed by atoms with Gasteiger partial charge in [0.2, 0.25) is 5.91 Å². The molecule has 198 valence electrons. The maximum atomic E-state index is 13.4. The molecule has 0 saturated carbocycles. The summed E-state index contributed by atoms with van der Waals surface area (Å²) in [4.78, 5) is 18.1. The smallest absolute Gasteiger partial charge is 0.221 e. The third kappa shape index (κ3) is 6.55. The molecular weight excluding hydrogens is 482 g/mol.